The number of ketones is 1. The van der Waals surface area contributed by atoms with Crippen LogP contribution in [0.3, 0.4) is 0 Å². The van der Waals surface area contributed by atoms with E-state index in [4.69, 9.17) is 4.99 Å². The molecular weight excluding hydrogens is 518 g/mol. The number of hydrogen-bond donors (Lipinski definition) is 0. The Kier molecular flexibility index (Phi) is 5.49. The number of Topliss-reactive ketones (excluding diaryl/α,β-unsaturated/α-hetero) is 1. The normalized spacial score (nSPS) is 19.4. The first-order chi connectivity index (χ1) is 16.1. The molecule has 2 heterocycles. The molecule has 0 amide bonds. The highest BCUT2D eigenvalue weighted by Crippen LogP contribution is 2.43. The lowest BCUT2D eigenvalue weighted by Gasteiger charge is -2.35. The highest BCUT2D eigenvalue weighted by Gasteiger charge is 2.40. The van der Waals surface area contributed by atoms with Gasteiger partial charge >= 0.3 is 0 Å². The average Bonchev–Trinajstić information content (AvgIpc) is 3.06. The van der Waals surface area contributed by atoms with Crippen molar-refractivity contribution in [3.05, 3.63) is 105 Å². The summed E-state index contributed by atoms with van der Waals surface area (Å²) in [5.41, 5.74) is 1.89. The monoisotopic (exact) mass is 537 g/mol. The van der Waals surface area contributed by atoms with Crippen LogP contribution in [0.25, 0.3) is 6.08 Å². The van der Waals surface area contributed by atoms with Gasteiger partial charge in [-0.25, -0.2) is 4.99 Å². The van der Waals surface area contributed by atoms with Gasteiger partial charge in [-0.05, 0) is 41.2 Å². The van der Waals surface area contributed by atoms with Crippen LogP contribution < -0.4 is 14.9 Å². The van der Waals surface area contributed by atoms with Gasteiger partial charge in [0.05, 0.1) is 21.2 Å². The largest absolute Gasteiger partial charge is 0.294 e. The molecule has 1 aromatic heterocycles. The summed E-state index contributed by atoms with van der Waals surface area (Å²) in [6.45, 7) is 4.05. The minimum absolute atomic E-state index is 0.0761. The molecule has 2 aliphatic rings. The zero-order valence-corrected chi connectivity index (χ0v) is 20.9. The third-order valence-corrected chi connectivity index (χ3v) is 7.51. The molecule has 172 valence electrons. The van der Waals surface area contributed by atoms with Crippen molar-refractivity contribution in [2.45, 2.75) is 32.7 Å². The van der Waals surface area contributed by atoms with Crippen LogP contribution in [0.4, 0.5) is 5.69 Å². The number of carbonyl (C=O) groups excluding carboxylic acids is 1. The standard InChI is InChI=1S/C25H20BrN3O4S/c1-25(2)12-18-21(19(30)13-25)22(15-6-4-8-17(11-15)29(32)33)28-23(31)20(34-24(28)27-18)10-14-5-3-7-16(26)9-14/h3-11,22H,12-13H2,1-2H3. The smallest absolute Gasteiger partial charge is 0.271 e. The second-order valence-corrected chi connectivity index (χ2v) is 11.2. The number of rotatable bonds is 3. The quantitative estimate of drug-likeness (QED) is 0.368. The molecule has 0 saturated carbocycles. The summed E-state index contributed by atoms with van der Waals surface area (Å²) in [5, 5.41) is 11.4. The van der Waals surface area contributed by atoms with Crippen LogP contribution in [0.15, 0.2) is 74.1 Å². The number of halogens is 1. The number of thiazole rings is 1. The maximum Gasteiger partial charge on any atom is 0.271 e. The molecule has 0 N–H and O–H groups in total. The van der Waals surface area contributed by atoms with Crippen molar-refractivity contribution in [3.63, 3.8) is 0 Å². The number of nitrogens with zero attached hydrogens (tertiary/aromatic N) is 3. The summed E-state index contributed by atoms with van der Waals surface area (Å²) in [7, 11) is 0. The van der Waals surface area contributed by atoms with E-state index >= 15 is 0 Å². The fourth-order valence-electron chi connectivity index (χ4n) is 4.62. The van der Waals surface area contributed by atoms with Crippen LogP contribution in [0.1, 0.15) is 43.9 Å². The van der Waals surface area contributed by atoms with Gasteiger partial charge in [-0.1, -0.05) is 65.4 Å². The molecule has 0 fully saturated rings. The van der Waals surface area contributed by atoms with Gasteiger partial charge < -0.3 is 0 Å². The number of carbonyl (C=O) groups is 1. The van der Waals surface area contributed by atoms with Gasteiger partial charge in [-0.3, -0.25) is 24.3 Å². The van der Waals surface area contributed by atoms with E-state index in [-0.39, 0.29) is 22.4 Å². The van der Waals surface area contributed by atoms with Gasteiger partial charge in [0.15, 0.2) is 10.6 Å². The average molecular weight is 538 g/mol. The molecule has 0 spiro atoms. The topological polar surface area (TPSA) is 94.6 Å². The highest BCUT2D eigenvalue weighted by atomic mass is 79.9. The second-order valence-electron chi connectivity index (χ2n) is 9.29. The van der Waals surface area contributed by atoms with Gasteiger partial charge in [-0.15, -0.1) is 0 Å². The van der Waals surface area contributed by atoms with Crippen molar-refractivity contribution in [1.29, 1.82) is 0 Å². The molecule has 9 heteroatoms. The maximum absolute atomic E-state index is 13.6. The lowest BCUT2D eigenvalue weighted by atomic mass is 9.73. The molecule has 7 nitrogen and oxygen atoms in total. The number of aromatic nitrogens is 1. The Labute approximate surface area is 207 Å². The lowest BCUT2D eigenvalue weighted by molar-refractivity contribution is -0.384. The zero-order chi connectivity index (χ0) is 24.2. The number of nitro benzene ring substituents is 1. The first-order valence-corrected chi connectivity index (χ1v) is 12.3. The molecule has 34 heavy (non-hydrogen) atoms. The number of allylic oxidation sites excluding steroid dienone is 2. The van der Waals surface area contributed by atoms with E-state index < -0.39 is 11.0 Å². The first-order valence-electron chi connectivity index (χ1n) is 10.7. The second kappa shape index (κ2) is 8.25. The molecule has 1 aliphatic heterocycles. The Morgan fingerprint density at radius 2 is 1.94 bits per heavy atom. The Balaban J connectivity index is 1.78. The van der Waals surface area contributed by atoms with Crippen LogP contribution in [-0.4, -0.2) is 15.3 Å². The van der Waals surface area contributed by atoms with Crippen molar-refractivity contribution in [3.8, 4) is 0 Å². The Morgan fingerprint density at radius 3 is 2.68 bits per heavy atom. The molecule has 0 radical (unpaired) electrons. The van der Waals surface area contributed by atoms with E-state index in [1.54, 1.807) is 18.2 Å². The molecule has 0 saturated heterocycles. The van der Waals surface area contributed by atoms with Gasteiger partial charge in [0.1, 0.15) is 0 Å². The summed E-state index contributed by atoms with van der Waals surface area (Å²) < 4.78 is 2.90. The van der Waals surface area contributed by atoms with Gasteiger partial charge in [-0.2, -0.15) is 0 Å². The van der Waals surface area contributed by atoms with E-state index in [0.717, 1.165) is 10.0 Å². The maximum atomic E-state index is 13.6. The van der Waals surface area contributed by atoms with E-state index in [1.807, 2.05) is 38.1 Å². The zero-order valence-electron chi connectivity index (χ0n) is 18.4. The lowest BCUT2D eigenvalue weighted by Crippen LogP contribution is -2.42. The van der Waals surface area contributed by atoms with Crippen LogP contribution in [0, 0.1) is 15.5 Å². The number of fused-ring (bicyclic) bond motifs is 1. The SMILES string of the molecule is CC1(C)CC(=O)C2=C(C1)N=c1sc(=Cc3cccc(Br)c3)c(=O)n1C2c1cccc([N+](=O)[O-])c1. The summed E-state index contributed by atoms with van der Waals surface area (Å²) in [5.74, 6) is -0.0761. The Hall–Kier alpha value is -3.17. The third-order valence-electron chi connectivity index (χ3n) is 6.04. The molecule has 1 atom stereocenters. The molecular formula is C25H20BrN3O4S. The predicted octanol–water partition coefficient (Wildman–Crippen LogP) is 4.28. The summed E-state index contributed by atoms with van der Waals surface area (Å²) >= 11 is 4.71. The fourth-order valence-corrected chi connectivity index (χ4v) is 6.06. The van der Waals surface area contributed by atoms with Gasteiger partial charge in [0.2, 0.25) is 0 Å². The Bertz CT molecular complexity index is 1580. The summed E-state index contributed by atoms with van der Waals surface area (Å²) in [6, 6.07) is 13.0. The molecule has 0 bridgehead atoms. The predicted molar refractivity (Wildman–Crippen MR) is 133 cm³/mol. The number of hydrogen-bond acceptors (Lipinski definition) is 6. The summed E-state index contributed by atoms with van der Waals surface area (Å²) in [4.78, 5) is 43.2. The van der Waals surface area contributed by atoms with Crippen molar-refractivity contribution < 1.29 is 9.72 Å². The highest BCUT2D eigenvalue weighted by molar-refractivity contribution is 9.10. The third kappa shape index (κ3) is 3.99. The molecule has 2 aromatic carbocycles. The van der Waals surface area contributed by atoms with E-state index in [2.05, 4.69) is 15.9 Å². The van der Waals surface area contributed by atoms with Crippen molar-refractivity contribution in [1.82, 2.24) is 4.57 Å². The molecule has 1 unspecified atom stereocenters. The number of non-ortho nitro benzene ring substituents is 1. The van der Waals surface area contributed by atoms with E-state index in [0.29, 0.717) is 39.0 Å². The van der Waals surface area contributed by atoms with Crippen molar-refractivity contribution in [2.24, 2.45) is 10.4 Å². The molecule has 5 rings (SSSR count). The minimum Gasteiger partial charge on any atom is -0.294 e. The van der Waals surface area contributed by atoms with Crippen molar-refractivity contribution in [2.75, 3.05) is 0 Å². The van der Waals surface area contributed by atoms with Crippen LogP contribution in [-0.2, 0) is 4.79 Å². The summed E-state index contributed by atoms with van der Waals surface area (Å²) in [6.07, 6.45) is 2.72. The van der Waals surface area contributed by atoms with Crippen LogP contribution >= 0.6 is 27.3 Å². The minimum atomic E-state index is -0.751. The van der Waals surface area contributed by atoms with E-state index in [9.17, 15) is 19.7 Å². The fraction of sp³-hybridized carbons (Fsp3) is 0.240. The molecule has 3 aromatic rings. The van der Waals surface area contributed by atoms with E-state index in [1.165, 1.54) is 28.0 Å². The number of nitro groups is 1. The number of benzene rings is 2. The first kappa shape index (κ1) is 22.6. The molecule has 1 aliphatic carbocycles. The Morgan fingerprint density at radius 1 is 1.18 bits per heavy atom. The van der Waals surface area contributed by atoms with Crippen LogP contribution in [0.5, 0.6) is 0 Å². The van der Waals surface area contributed by atoms with Gasteiger partial charge in [0, 0.05) is 28.6 Å². The van der Waals surface area contributed by atoms with Gasteiger partial charge in [0.25, 0.3) is 11.2 Å². The van der Waals surface area contributed by atoms with Crippen LogP contribution in [0.2, 0.25) is 0 Å². The van der Waals surface area contributed by atoms with Crippen molar-refractivity contribution >= 4 is 44.8 Å².